The third kappa shape index (κ3) is 4.26. The molecular weight excluding hydrogens is 274 g/mol. The number of rotatable bonds is 5. The second-order valence-corrected chi connectivity index (χ2v) is 5.45. The second kappa shape index (κ2) is 6.22. The van der Waals surface area contributed by atoms with E-state index in [4.69, 9.17) is 4.74 Å². The molecule has 0 amide bonds. The Morgan fingerprint density at radius 2 is 1.57 bits per heavy atom. The van der Waals surface area contributed by atoms with Crippen molar-refractivity contribution in [3.63, 3.8) is 0 Å². The third-order valence-corrected chi connectivity index (χ3v) is 3.30. The van der Waals surface area contributed by atoms with E-state index in [-0.39, 0.29) is 11.6 Å². The van der Waals surface area contributed by atoms with Crippen molar-refractivity contribution >= 4 is 0 Å². The van der Waals surface area contributed by atoms with Gasteiger partial charge in [-0.2, -0.15) is 0 Å². The Kier molecular flexibility index (Phi) is 4.58. The van der Waals surface area contributed by atoms with Gasteiger partial charge < -0.3 is 9.84 Å². The van der Waals surface area contributed by atoms with Crippen LogP contribution in [0.5, 0.6) is 5.75 Å². The molecule has 1 unspecified atom stereocenters. The molecule has 2 nitrogen and oxygen atoms in total. The highest BCUT2D eigenvalue weighted by Crippen LogP contribution is 2.23. The molecule has 2 aromatic rings. The van der Waals surface area contributed by atoms with Gasteiger partial charge >= 0.3 is 0 Å². The van der Waals surface area contributed by atoms with Crippen LogP contribution >= 0.6 is 0 Å². The summed E-state index contributed by atoms with van der Waals surface area (Å²) in [6.07, 6.45) is 0.659. The molecule has 0 fully saturated rings. The summed E-state index contributed by atoms with van der Waals surface area (Å²) in [5.41, 5.74) is 0.467. The molecular formula is C17H18F2O2. The monoisotopic (exact) mass is 292 g/mol. The fourth-order valence-electron chi connectivity index (χ4n) is 2.36. The summed E-state index contributed by atoms with van der Waals surface area (Å²) in [6, 6.07) is 10.6. The summed E-state index contributed by atoms with van der Waals surface area (Å²) in [5, 5.41) is 10.5. The van der Waals surface area contributed by atoms with Gasteiger partial charge in [-0.15, -0.1) is 0 Å². The average Bonchev–Trinajstić information content (AvgIpc) is 2.41. The van der Waals surface area contributed by atoms with Gasteiger partial charge in [0.05, 0.1) is 12.7 Å². The molecule has 0 aliphatic carbocycles. The van der Waals surface area contributed by atoms with Crippen molar-refractivity contribution in [1.82, 2.24) is 0 Å². The van der Waals surface area contributed by atoms with Crippen LogP contribution in [-0.2, 0) is 12.8 Å². The zero-order chi connectivity index (χ0) is 15.5. The number of hydrogen-bond acceptors (Lipinski definition) is 2. The molecule has 2 aromatic carbocycles. The molecule has 0 radical (unpaired) electrons. The summed E-state index contributed by atoms with van der Waals surface area (Å²) >= 11 is 0. The van der Waals surface area contributed by atoms with Gasteiger partial charge in [-0.1, -0.05) is 18.2 Å². The minimum Gasteiger partial charge on any atom is -0.494 e. The van der Waals surface area contributed by atoms with E-state index in [0.717, 1.165) is 5.56 Å². The molecule has 0 aliphatic rings. The van der Waals surface area contributed by atoms with E-state index in [2.05, 4.69) is 0 Å². The summed E-state index contributed by atoms with van der Waals surface area (Å²) < 4.78 is 31.4. The minimum absolute atomic E-state index is 0.178. The van der Waals surface area contributed by atoms with Crippen molar-refractivity contribution in [1.29, 1.82) is 0 Å². The first-order chi connectivity index (χ1) is 9.89. The molecule has 21 heavy (non-hydrogen) atoms. The topological polar surface area (TPSA) is 29.5 Å². The first-order valence-electron chi connectivity index (χ1n) is 6.69. The average molecular weight is 292 g/mol. The highest BCUT2D eigenvalue weighted by atomic mass is 19.1. The van der Waals surface area contributed by atoms with Gasteiger partial charge in [0.1, 0.15) is 5.82 Å². The van der Waals surface area contributed by atoms with Crippen molar-refractivity contribution in [2.24, 2.45) is 0 Å². The quantitative estimate of drug-likeness (QED) is 0.914. The molecule has 0 saturated heterocycles. The van der Waals surface area contributed by atoms with Crippen LogP contribution in [0, 0.1) is 11.6 Å². The van der Waals surface area contributed by atoms with E-state index in [1.165, 1.54) is 25.3 Å². The largest absolute Gasteiger partial charge is 0.494 e. The predicted octanol–water partition coefficient (Wildman–Crippen LogP) is 3.51. The van der Waals surface area contributed by atoms with Crippen molar-refractivity contribution in [3.8, 4) is 5.75 Å². The van der Waals surface area contributed by atoms with E-state index in [0.29, 0.717) is 18.4 Å². The number of ether oxygens (including phenoxy) is 1. The van der Waals surface area contributed by atoms with Crippen molar-refractivity contribution in [3.05, 3.63) is 65.2 Å². The Labute approximate surface area is 123 Å². The molecule has 0 heterocycles. The fourth-order valence-corrected chi connectivity index (χ4v) is 2.36. The van der Waals surface area contributed by atoms with E-state index in [1.54, 1.807) is 31.2 Å². The minimum atomic E-state index is -1.04. The fraction of sp³-hybridized carbons (Fsp3) is 0.294. The maximum absolute atomic E-state index is 13.6. The highest BCUT2D eigenvalue weighted by Gasteiger charge is 2.22. The van der Waals surface area contributed by atoms with Gasteiger partial charge in [0.2, 0.25) is 0 Å². The smallest absolute Gasteiger partial charge is 0.165 e. The highest BCUT2D eigenvalue weighted by molar-refractivity contribution is 5.30. The zero-order valence-corrected chi connectivity index (χ0v) is 12.1. The first kappa shape index (κ1) is 15.4. The lowest BCUT2D eigenvalue weighted by Crippen LogP contribution is -2.30. The third-order valence-electron chi connectivity index (χ3n) is 3.30. The van der Waals surface area contributed by atoms with Crippen molar-refractivity contribution in [2.45, 2.75) is 25.4 Å². The Morgan fingerprint density at radius 1 is 1.00 bits per heavy atom. The standard InChI is InChI=1S/C17H18F2O2/c1-17(20,10-12-3-6-14(18)7-4-12)11-13-5-8-16(21-2)15(19)9-13/h3-9,20H,10-11H2,1-2H3. The summed E-state index contributed by atoms with van der Waals surface area (Å²) in [6.45, 7) is 1.68. The number of hydrogen-bond donors (Lipinski definition) is 1. The van der Waals surface area contributed by atoms with Crippen molar-refractivity contribution in [2.75, 3.05) is 7.11 Å². The van der Waals surface area contributed by atoms with Crippen LogP contribution < -0.4 is 4.74 Å². The number of methoxy groups -OCH3 is 1. The van der Waals surface area contributed by atoms with Gasteiger partial charge in [-0.25, -0.2) is 8.78 Å². The SMILES string of the molecule is COc1ccc(CC(C)(O)Cc2ccc(F)cc2)cc1F. The Bertz CT molecular complexity index is 607. The summed E-state index contributed by atoms with van der Waals surface area (Å²) in [7, 11) is 1.41. The number of aliphatic hydroxyl groups is 1. The van der Waals surface area contributed by atoms with E-state index < -0.39 is 11.4 Å². The van der Waals surface area contributed by atoms with Crippen LogP contribution in [0.25, 0.3) is 0 Å². The van der Waals surface area contributed by atoms with Crippen LogP contribution in [0.3, 0.4) is 0 Å². The molecule has 0 aliphatic heterocycles. The molecule has 0 bridgehead atoms. The summed E-state index contributed by atoms with van der Waals surface area (Å²) in [4.78, 5) is 0. The Hall–Kier alpha value is -1.94. The van der Waals surface area contributed by atoms with Gasteiger partial charge in [-0.05, 0) is 42.3 Å². The zero-order valence-electron chi connectivity index (χ0n) is 12.1. The summed E-state index contributed by atoms with van der Waals surface area (Å²) in [5.74, 6) is -0.583. The second-order valence-electron chi connectivity index (χ2n) is 5.45. The van der Waals surface area contributed by atoms with Gasteiger partial charge in [0.25, 0.3) is 0 Å². The molecule has 112 valence electrons. The molecule has 1 atom stereocenters. The maximum atomic E-state index is 13.6. The van der Waals surface area contributed by atoms with Crippen LogP contribution in [0.15, 0.2) is 42.5 Å². The lowest BCUT2D eigenvalue weighted by Gasteiger charge is -2.23. The molecule has 4 heteroatoms. The van der Waals surface area contributed by atoms with Gasteiger partial charge in [-0.3, -0.25) is 0 Å². The van der Waals surface area contributed by atoms with E-state index >= 15 is 0 Å². The Balaban J connectivity index is 2.09. The Morgan fingerprint density at radius 3 is 2.14 bits per heavy atom. The molecule has 0 spiro atoms. The lowest BCUT2D eigenvalue weighted by molar-refractivity contribution is 0.0607. The van der Waals surface area contributed by atoms with Gasteiger partial charge in [0, 0.05) is 12.8 Å². The van der Waals surface area contributed by atoms with Crippen LogP contribution in [0.2, 0.25) is 0 Å². The number of halogens is 2. The van der Waals surface area contributed by atoms with Crippen molar-refractivity contribution < 1.29 is 18.6 Å². The molecule has 2 rings (SSSR count). The number of benzene rings is 2. The van der Waals surface area contributed by atoms with Crippen LogP contribution in [0.4, 0.5) is 8.78 Å². The normalized spacial score (nSPS) is 13.8. The predicted molar refractivity (Wildman–Crippen MR) is 77.4 cm³/mol. The van der Waals surface area contributed by atoms with Crippen LogP contribution in [-0.4, -0.2) is 17.8 Å². The maximum Gasteiger partial charge on any atom is 0.165 e. The molecule has 0 aromatic heterocycles. The van der Waals surface area contributed by atoms with Crippen LogP contribution in [0.1, 0.15) is 18.1 Å². The molecule has 0 saturated carbocycles. The van der Waals surface area contributed by atoms with E-state index in [9.17, 15) is 13.9 Å². The lowest BCUT2D eigenvalue weighted by atomic mass is 9.90. The van der Waals surface area contributed by atoms with Gasteiger partial charge in [0.15, 0.2) is 11.6 Å². The van der Waals surface area contributed by atoms with E-state index in [1.807, 2.05) is 0 Å². The molecule has 1 N–H and O–H groups in total. The first-order valence-corrected chi connectivity index (χ1v) is 6.69.